The highest BCUT2D eigenvalue weighted by Gasteiger charge is 2.19. The molecule has 0 aliphatic carbocycles. The van der Waals surface area contributed by atoms with Gasteiger partial charge in [-0.15, -0.1) is 10.2 Å². The molecule has 0 bridgehead atoms. The van der Waals surface area contributed by atoms with Crippen LogP contribution in [-0.4, -0.2) is 50.1 Å². The van der Waals surface area contributed by atoms with Crippen LogP contribution in [0.4, 0.5) is 0 Å². The summed E-state index contributed by atoms with van der Waals surface area (Å²) in [5.41, 5.74) is 5.50. The lowest BCUT2D eigenvalue weighted by molar-refractivity contribution is 0.0955. The first-order valence-electron chi connectivity index (χ1n) is 10.1. The van der Waals surface area contributed by atoms with Gasteiger partial charge in [0.1, 0.15) is 11.5 Å². The Hall–Kier alpha value is -2.90. The van der Waals surface area contributed by atoms with Crippen molar-refractivity contribution in [1.82, 2.24) is 29.4 Å². The van der Waals surface area contributed by atoms with Crippen LogP contribution in [0.3, 0.4) is 0 Å². The van der Waals surface area contributed by atoms with Crippen molar-refractivity contribution in [2.75, 3.05) is 20.1 Å². The van der Waals surface area contributed by atoms with Crippen LogP contribution in [-0.2, 0) is 13.1 Å². The summed E-state index contributed by atoms with van der Waals surface area (Å²) in [7, 11) is 1.65. The van der Waals surface area contributed by atoms with E-state index >= 15 is 0 Å². The van der Waals surface area contributed by atoms with Gasteiger partial charge in [0, 0.05) is 25.2 Å². The Morgan fingerprint density at radius 3 is 2.53 bits per heavy atom. The van der Waals surface area contributed by atoms with Gasteiger partial charge in [-0.2, -0.15) is 0 Å². The summed E-state index contributed by atoms with van der Waals surface area (Å²) in [4.78, 5) is 15.1. The SMILES string of the molecule is CNC(=O)c1cc2c(ccc3nnc(C)n32)n1Cc1cc(Cl)cc(CN2CCC2)c1. The molecule has 7 nitrogen and oxygen atoms in total. The van der Waals surface area contributed by atoms with Gasteiger partial charge in [-0.25, -0.2) is 0 Å². The average molecular weight is 423 g/mol. The highest BCUT2D eigenvalue weighted by Crippen LogP contribution is 2.26. The van der Waals surface area contributed by atoms with Crippen molar-refractivity contribution in [3.63, 3.8) is 0 Å². The number of halogens is 1. The molecule has 154 valence electrons. The first-order valence-corrected chi connectivity index (χ1v) is 10.5. The molecule has 3 aromatic heterocycles. The van der Waals surface area contributed by atoms with Gasteiger partial charge in [-0.05, 0) is 67.9 Å². The van der Waals surface area contributed by atoms with E-state index in [1.807, 2.05) is 46.2 Å². The summed E-state index contributed by atoms with van der Waals surface area (Å²) in [6, 6.07) is 12.0. The highest BCUT2D eigenvalue weighted by atomic mass is 35.5. The number of carbonyl (C=O) groups is 1. The van der Waals surface area contributed by atoms with Gasteiger partial charge < -0.3 is 9.88 Å². The lowest BCUT2D eigenvalue weighted by Gasteiger charge is -2.30. The third kappa shape index (κ3) is 3.24. The fourth-order valence-electron chi connectivity index (χ4n) is 4.21. The van der Waals surface area contributed by atoms with E-state index in [-0.39, 0.29) is 5.91 Å². The molecule has 1 aliphatic heterocycles. The van der Waals surface area contributed by atoms with Crippen molar-refractivity contribution in [2.24, 2.45) is 0 Å². The molecule has 0 spiro atoms. The van der Waals surface area contributed by atoms with Crippen LogP contribution in [0.5, 0.6) is 0 Å². The Labute approximate surface area is 179 Å². The second-order valence-electron chi connectivity index (χ2n) is 7.84. The molecular formula is C22H23ClN6O. The molecule has 0 unspecified atom stereocenters. The first-order chi connectivity index (χ1) is 14.5. The number of aromatic nitrogens is 4. The summed E-state index contributed by atoms with van der Waals surface area (Å²) in [5, 5.41) is 11.9. The Bertz CT molecular complexity index is 1270. The molecule has 0 saturated carbocycles. The molecule has 1 aliphatic rings. The maximum Gasteiger partial charge on any atom is 0.267 e. The molecule has 30 heavy (non-hydrogen) atoms. The minimum atomic E-state index is -0.132. The maximum atomic E-state index is 12.7. The lowest BCUT2D eigenvalue weighted by Crippen LogP contribution is -2.36. The summed E-state index contributed by atoms with van der Waals surface area (Å²) < 4.78 is 4.01. The molecule has 1 aromatic carbocycles. The van der Waals surface area contributed by atoms with E-state index in [9.17, 15) is 4.79 Å². The Kier molecular flexibility index (Phi) is 4.72. The van der Waals surface area contributed by atoms with Gasteiger partial charge in [0.15, 0.2) is 5.65 Å². The molecule has 1 fully saturated rings. The number of aryl methyl sites for hydroxylation is 1. The van der Waals surface area contributed by atoms with Gasteiger partial charge in [-0.3, -0.25) is 14.1 Å². The fraction of sp³-hybridized carbons (Fsp3) is 0.318. The fourth-order valence-corrected chi connectivity index (χ4v) is 4.49. The van der Waals surface area contributed by atoms with Crippen molar-refractivity contribution in [3.05, 3.63) is 64.1 Å². The Balaban J connectivity index is 1.62. The quantitative estimate of drug-likeness (QED) is 0.536. The van der Waals surface area contributed by atoms with Crippen LogP contribution in [0.15, 0.2) is 36.4 Å². The standard InChI is InChI=1S/C22H23ClN6O/c1-14-25-26-21-5-4-18-19(29(14)21)11-20(22(30)24-2)28(18)13-16-8-15(9-17(23)10-16)12-27-6-3-7-27/h4-5,8-11H,3,6-7,12-13H2,1-2H3,(H,24,30). The smallest absolute Gasteiger partial charge is 0.267 e. The van der Waals surface area contributed by atoms with Crippen molar-refractivity contribution in [2.45, 2.75) is 26.4 Å². The molecule has 5 rings (SSSR count). The second-order valence-corrected chi connectivity index (χ2v) is 8.27. The zero-order chi connectivity index (χ0) is 20.8. The molecule has 1 amide bonds. The normalized spacial score (nSPS) is 14.4. The van der Waals surface area contributed by atoms with Gasteiger partial charge in [0.2, 0.25) is 0 Å². The number of pyridine rings is 1. The van der Waals surface area contributed by atoms with Crippen molar-refractivity contribution in [3.8, 4) is 0 Å². The van der Waals surface area contributed by atoms with Gasteiger partial charge in [0.05, 0.1) is 11.0 Å². The van der Waals surface area contributed by atoms with Crippen molar-refractivity contribution in [1.29, 1.82) is 0 Å². The van der Waals surface area contributed by atoms with Gasteiger partial charge in [-0.1, -0.05) is 17.7 Å². The Morgan fingerprint density at radius 2 is 1.83 bits per heavy atom. The molecule has 4 heterocycles. The third-order valence-corrected chi connectivity index (χ3v) is 5.99. The van der Waals surface area contributed by atoms with Crippen LogP contribution in [0.25, 0.3) is 16.7 Å². The predicted molar refractivity (Wildman–Crippen MR) is 117 cm³/mol. The van der Waals surface area contributed by atoms with E-state index in [0.29, 0.717) is 12.2 Å². The summed E-state index contributed by atoms with van der Waals surface area (Å²) in [6.07, 6.45) is 1.26. The predicted octanol–water partition coefficient (Wildman–Crippen LogP) is 3.26. The number of nitrogens with zero attached hydrogens (tertiary/aromatic N) is 5. The number of hydrogen-bond acceptors (Lipinski definition) is 4. The number of benzene rings is 1. The Morgan fingerprint density at radius 1 is 1.07 bits per heavy atom. The minimum Gasteiger partial charge on any atom is -0.354 e. The molecule has 0 atom stereocenters. The number of hydrogen-bond donors (Lipinski definition) is 1. The van der Waals surface area contributed by atoms with E-state index < -0.39 is 0 Å². The first kappa shape index (κ1) is 19.1. The van der Waals surface area contributed by atoms with E-state index in [4.69, 9.17) is 11.6 Å². The zero-order valence-corrected chi connectivity index (χ0v) is 17.8. The second kappa shape index (κ2) is 7.41. The third-order valence-electron chi connectivity index (χ3n) is 5.77. The maximum absolute atomic E-state index is 12.7. The average Bonchev–Trinajstić information content (AvgIpc) is 3.24. The van der Waals surface area contributed by atoms with E-state index in [2.05, 4.69) is 26.5 Å². The number of likely N-dealkylation sites (tertiary alicyclic amines) is 1. The summed E-state index contributed by atoms with van der Waals surface area (Å²) >= 11 is 6.44. The van der Waals surface area contributed by atoms with E-state index in [0.717, 1.165) is 52.7 Å². The van der Waals surface area contributed by atoms with Crippen molar-refractivity contribution >= 4 is 34.2 Å². The lowest BCUT2D eigenvalue weighted by atomic mass is 10.1. The molecule has 1 N–H and O–H groups in total. The van der Waals surface area contributed by atoms with E-state index in [1.54, 1.807) is 7.05 Å². The molecule has 0 radical (unpaired) electrons. The van der Waals surface area contributed by atoms with Gasteiger partial charge >= 0.3 is 0 Å². The van der Waals surface area contributed by atoms with Crippen molar-refractivity contribution < 1.29 is 4.79 Å². The number of fused-ring (bicyclic) bond motifs is 3. The molecular weight excluding hydrogens is 400 g/mol. The van der Waals surface area contributed by atoms with E-state index in [1.165, 1.54) is 12.0 Å². The number of nitrogens with one attached hydrogen (secondary N) is 1. The number of rotatable bonds is 5. The van der Waals surface area contributed by atoms with Crippen LogP contribution in [0.2, 0.25) is 5.02 Å². The largest absolute Gasteiger partial charge is 0.354 e. The van der Waals surface area contributed by atoms with Gasteiger partial charge in [0.25, 0.3) is 5.91 Å². The molecule has 1 saturated heterocycles. The monoisotopic (exact) mass is 422 g/mol. The topological polar surface area (TPSA) is 67.5 Å². The zero-order valence-electron chi connectivity index (χ0n) is 17.0. The van der Waals surface area contributed by atoms with Crippen LogP contribution < -0.4 is 5.32 Å². The summed E-state index contributed by atoms with van der Waals surface area (Å²) in [5.74, 6) is 0.656. The number of amides is 1. The summed E-state index contributed by atoms with van der Waals surface area (Å²) in [6.45, 7) is 5.64. The highest BCUT2D eigenvalue weighted by molar-refractivity contribution is 6.30. The van der Waals surface area contributed by atoms with Crippen LogP contribution >= 0.6 is 11.6 Å². The molecule has 8 heteroatoms. The minimum absolute atomic E-state index is 0.132. The molecule has 4 aromatic rings. The van der Waals surface area contributed by atoms with Crippen LogP contribution in [0, 0.1) is 6.92 Å². The van der Waals surface area contributed by atoms with Crippen LogP contribution in [0.1, 0.15) is 33.9 Å². The number of carbonyl (C=O) groups excluding carboxylic acids is 1.